The molecule has 0 heterocycles. The Morgan fingerprint density at radius 2 is 1.25 bits per heavy atom. The highest BCUT2D eigenvalue weighted by molar-refractivity contribution is 6.35. The molecule has 0 atom stereocenters. The quantitative estimate of drug-likeness (QED) is 0.792. The Labute approximate surface area is 127 Å². The van der Waals surface area contributed by atoms with Gasteiger partial charge in [0.1, 0.15) is 11.5 Å². The van der Waals surface area contributed by atoms with Crippen molar-refractivity contribution in [2.45, 2.75) is 0 Å². The van der Waals surface area contributed by atoms with Gasteiger partial charge in [-0.25, -0.2) is 0 Å². The number of benzene rings is 2. The molecule has 2 aromatic carbocycles. The zero-order valence-corrected chi connectivity index (χ0v) is 12.5. The molecular weight excluding hydrogens is 299 g/mol. The second-order valence-corrected chi connectivity index (χ2v) is 4.96. The van der Waals surface area contributed by atoms with Crippen LogP contribution >= 0.6 is 23.2 Å². The first-order valence-corrected chi connectivity index (χ1v) is 6.53. The number of halogens is 2. The fourth-order valence-electron chi connectivity index (χ4n) is 1.79. The molecule has 2 rings (SSSR count). The van der Waals surface area contributed by atoms with Gasteiger partial charge < -0.3 is 9.47 Å². The Balaban J connectivity index is 2.47. The van der Waals surface area contributed by atoms with Crippen LogP contribution in [0.2, 0.25) is 10.0 Å². The Morgan fingerprint density at radius 1 is 0.800 bits per heavy atom. The summed E-state index contributed by atoms with van der Waals surface area (Å²) in [6, 6.07) is 9.69. The molecule has 20 heavy (non-hydrogen) atoms. The molecule has 0 amide bonds. The number of ether oxygens (including phenoxy) is 2. The Hall–Kier alpha value is -1.71. The fraction of sp³-hybridized carbons (Fsp3) is 0.133. The molecule has 0 fully saturated rings. The van der Waals surface area contributed by atoms with Gasteiger partial charge in [-0.05, 0) is 30.3 Å². The van der Waals surface area contributed by atoms with Gasteiger partial charge in [-0.15, -0.1) is 0 Å². The van der Waals surface area contributed by atoms with Crippen molar-refractivity contribution in [2.75, 3.05) is 14.2 Å². The number of ketones is 1. The predicted molar refractivity (Wildman–Crippen MR) is 79.4 cm³/mol. The van der Waals surface area contributed by atoms with E-state index in [0.29, 0.717) is 32.7 Å². The van der Waals surface area contributed by atoms with Crippen LogP contribution in [0.15, 0.2) is 36.4 Å². The van der Waals surface area contributed by atoms with Crippen LogP contribution in [-0.4, -0.2) is 20.0 Å². The van der Waals surface area contributed by atoms with Gasteiger partial charge in [0.05, 0.1) is 14.2 Å². The van der Waals surface area contributed by atoms with Crippen molar-refractivity contribution in [3.8, 4) is 11.5 Å². The molecule has 0 unspecified atom stereocenters. The lowest BCUT2D eigenvalue weighted by Gasteiger charge is -2.08. The summed E-state index contributed by atoms with van der Waals surface area (Å²) >= 11 is 11.8. The average Bonchev–Trinajstić information content (AvgIpc) is 2.44. The van der Waals surface area contributed by atoms with Gasteiger partial charge in [0.2, 0.25) is 0 Å². The number of rotatable bonds is 4. The normalized spacial score (nSPS) is 10.2. The number of carbonyl (C=O) groups excluding carboxylic acids is 1. The summed E-state index contributed by atoms with van der Waals surface area (Å²) in [5.74, 6) is 0.883. The fourth-order valence-corrected chi connectivity index (χ4v) is 2.32. The van der Waals surface area contributed by atoms with E-state index in [1.807, 2.05) is 0 Å². The van der Waals surface area contributed by atoms with Crippen LogP contribution in [0.1, 0.15) is 15.9 Å². The van der Waals surface area contributed by atoms with E-state index in [2.05, 4.69) is 0 Å². The van der Waals surface area contributed by atoms with Crippen molar-refractivity contribution < 1.29 is 14.3 Å². The third-order valence-corrected chi connectivity index (χ3v) is 3.17. The molecule has 0 saturated heterocycles. The van der Waals surface area contributed by atoms with Crippen LogP contribution in [0.25, 0.3) is 0 Å². The van der Waals surface area contributed by atoms with Crippen LogP contribution in [0.4, 0.5) is 0 Å². The summed E-state index contributed by atoms with van der Waals surface area (Å²) < 4.78 is 10.3. The monoisotopic (exact) mass is 310 g/mol. The zero-order valence-electron chi connectivity index (χ0n) is 10.9. The Bertz CT molecular complexity index is 611. The van der Waals surface area contributed by atoms with Gasteiger partial charge in [-0.2, -0.15) is 0 Å². The minimum absolute atomic E-state index is 0.202. The van der Waals surface area contributed by atoms with Gasteiger partial charge in [0.15, 0.2) is 5.78 Å². The van der Waals surface area contributed by atoms with Crippen molar-refractivity contribution in [1.82, 2.24) is 0 Å². The lowest BCUT2D eigenvalue weighted by Crippen LogP contribution is -2.02. The van der Waals surface area contributed by atoms with Crippen molar-refractivity contribution >= 4 is 29.0 Å². The second-order valence-electron chi connectivity index (χ2n) is 4.09. The first-order valence-electron chi connectivity index (χ1n) is 5.77. The molecule has 3 nitrogen and oxygen atoms in total. The van der Waals surface area contributed by atoms with E-state index >= 15 is 0 Å². The minimum Gasteiger partial charge on any atom is -0.497 e. The largest absolute Gasteiger partial charge is 0.497 e. The lowest BCUT2D eigenvalue weighted by molar-refractivity contribution is 0.103. The minimum atomic E-state index is -0.202. The zero-order chi connectivity index (χ0) is 14.7. The van der Waals surface area contributed by atoms with E-state index in [1.54, 1.807) is 36.4 Å². The molecule has 104 valence electrons. The maximum absolute atomic E-state index is 12.5. The molecule has 0 aliphatic heterocycles. The van der Waals surface area contributed by atoms with E-state index < -0.39 is 0 Å². The SMILES string of the molecule is COc1cc(OC)cc(C(=O)c2cc(Cl)cc(Cl)c2)c1. The van der Waals surface area contributed by atoms with Gasteiger partial charge >= 0.3 is 0 Å². The number of carbonyl (C=O) groups is 1. The average molecular weight is 311 g/mol. The lowest BCUT2D eigenvalue weighted by atomic mass is 10.0. The molecule has 0 aliphatic rings. The van der Waals surface area contributed by atoms with Crippen molar-refractivity contribution in [3.05, 3.63) is 57.6 Å². The number of hydrogen-bond acceptors (Lipinski definition) is 3. The molecule has 0 spiro atoms. The molecule has 0 saturated carbocycles. The van der Waals surface area contributed by atoms with Crippen molar-refractivity contribution in [3.63, 3.8) is 0 Å². The maximum atomic E-state index is 12.5. The summed E-state index contributed by atoms with van der Waals surface area (Å²) in [4.78, 5) is 12.5. The summed E-state index contributed by atoms with van der Waals surface area (Å²) in [5.41, 5.74) is 0.859. The highest BCUT2D eigenvalue weighted by Crippen LogP contribution is 2.26. The molecule has 5 heteroatoms. The van der Waals surface area contributed by atoms with Crippen LogP contribution in [-0.2, 0) is 0 Å². The number of hydrogen-bond donors (Lipinski definition) is 0. The van der Waals surface area contributed by atoms with Crippen LogP contribution in [0.5, 0.6) is 11.5 Å². The van der Waals surface area contributed by atoms with E-state index in [9.17, 15) is 4.79 Å². The summed E-state index contributed by atoms with van der Waals surface area (Å²) in [6.07, 6.45) is 0. The second kappa shape index (κ2) is 6.16. The van der Waals surface area contributed by atoms with Gasteiger partial charge in [0, 0.05) is 27.2 Å². The Morgan fingerprint density at radius 3 is 1.70 bits per heavy atom. The molecule has 0 radical (unpaired) electrons. The first kappa shape index (κ1) is 14.7. The molecule has 0 N–H and O–H groups in total. The summed E-state index contributed by atoms with van der Waals surface area (Å²) in [7, 11) is 3.05. The first-order chi connectivity index (χ1) is 9.53. The molecule has 0 bridgehead atoms. The van der Waals surface area contributed by atoms with Crippen LogP contribution in [0, 0.1) is 0 Å². The van der Waals surface area contributed by atoms with E-state index in [0.717, 1.165) is 0 Å². The third kappa shape index (κ3) is 3.24. The topological polar surface area (TPSA) is 35.5 Å². The Kier molecular flexibility index (Phi) is 4.53. The van der Waals surface area contributed by atoms with Crippen molar-refractivity contribution in [1.29, 1.82) is 0 Å². The summed E-state index contributed by atoms with van der Waals surface area (Å²) in [5, 5.41) is 0.825. The van der Waals surface area contributed by atoms with E-state index in [4.69, 9.17) is 32.7 Å². The smallest absolute Gasteiger partial charge is 0.193 e. The van der Waals surface area contributed by atoms with Gasteiger partial charge in [-0.3, -0.25) is 4.79 Å². The van der Waals surface area contributed by atoms with E-state index in [-0.39, 0.29) is 5.78 Å². The van der Waals surface area contributed by atoms with Crippen LogP contribution in [0.3, 0.4) is 0 Å². The maximum Gasteiger partial charge on any atom is 0.193 e. The van der Waals surface area contributed by atoms with Gasteiger partial charge in [-0.1, -0.05) is 23.2 Å². The predicted octanol–water partition coefficient (Wildman–Crippen LogP) is 4.24. The third-order valence-electron chi connectivity index (χ3n) is 2.74. The molecule has 0 aliphatic carbocycles. The van der Waals surface area contributed by atoms with Crippen LogP contribution < -0.4 is 9.47 Å². The highest BCUT2D eigenvalue weighted by Gasteiger charge is 2.13. The molecule has 2 aromatic rings. The van der Waals surface area contributed by atoms with E-state index in [1.165, 1.54) is 14.2 Å². The molecule has 0 aromatic heterocycles. The van der Waals surface area contributed by atoms with Gasteiger partial charge in [0.25, 0.3) is 0 Å². The highest BCUT2D eigenvalue weighted by atomic mass is 35.5. The number of methoxy groups -OCH3 is 2. The van der Waals surface area contributed by atoms with Crippen molar-refractivity contribution in [2.24, 2.45) is 0 Å². The molecular formula is C15H12Cl2O3. The standard InChI is InChI=1S/C15H12Cl2O3/c1-19-13-5-10(6-14(8-13)20-2)15(18)9-3-11(16)7-12(17)4-9/h3-8H,1-2H3. The summed E-state index contributed by atoms with van der Waals surface area (Å²) in [6.45, 7) is 0.